The van der Waals surface area contributed by atoms with Crippen LogP contribution in [-0.2, 0) is 11.3 Å². The van der Waals surface area contributed by atoms with E-state index in [1.165, 1.54) is 12.8 Å². The van der Waals surface area contributed by atoms with Crippen molar-refractivity contribution in [3.8, 4) is 0 Å². The van der Waals surface area contributed by atoms with Gasteiger partial charge in [0.25, 0.3) is 0 Å². The van der Waals surface area contributed by atoms with Gasteiger partial charge in [-0.25, -0.2) is 0 Å². The lowest BCUT2D eigenvalue weighted by Crippen LogP contribution is -2.42. The number of amides is 1. The molecule has 0 N–H and O–H groups in total. The maximum atomic E-state index is 11.6. The summed E-state index contributed by atoms with van der Waals surface area (Å²) in [5.41, 5.74) is 0. The molecule has 2 aliphatic heterocycles. The van der Waals surface area contributed by atoms with Crippen LogP contribution in [0.25, 0.3) is 0 Å². The minimum absolute atomic E-state index is 0.200. The van der Waals surface area contributed by atoms with Gasteiger partial charge in [0.1, 0.15) is 0 Å². The van der Waals surface area contributed by atoms with E-state index < -0.39 is 0 Å². The lowest BCUT2D eigenvalue weighted by molar-refractivity contribution is -0.128. The van der Waals surface area contributed by atoms with Crippen LogP contribution in [0.3, 0.4) is 0 Å². The molecule has 0 bridgehead atoms. The highest BCUT2D eigenvalue weighted by atomic mass is 16.4. The van der Waals surface area contributed by atoms with Crippen LogP contribution in [0.15, 0.2) is 4.42 Å². The summed E-state index contributed by atoms with van der Waals surface area (Å²) in [6.07, 6.45) is 3.45. The smallest absolute Gasteiger partial charge is 0.230 e. The van der Waals surface area contributed by atoms with Crippen molar-refractivity contribution >= 4 is 5.91 Å². The third-order valence-corrected chi connectivity index (χ3v) is 5.86. The number of nitrogens with zero attached hydrogens (tertiary/aromatic N) is 5. The zero-order chi connectivity index (χ0) is 17.4. The van der Waals surface area contributed by atoms with Crippen molar-refractivity contribution in [1.82, 2.24) is 24.9 Å². The lowest BCUT2D eigenvalue weighted by atomic mass is 10.0. The van der Waals surface area contributed by atoms with Crippen LogP contribution in [0.1, 0.15) is 50.8 Å². The average molecular weight is 347 g/mol. The van der Waals surface area contributed by atoms with Crippen molar-refractivity contribution in [2.45, 2.75) is 51.6 Å². The fraction of sp³-hybridized carbons (Fsp3) is 0.833. The molecule has 3 heterocycles. The number of carbonyl (C=O) groups is 1. The van der Waals surface area contributed by atoms with E-state index in [0.717, 1.165) is 64.0 Å². The minimum Gasteiger partial charge on any atom is -0.424 e. The molecule has 1 amide bonds. The number of aromatic nitrogens is 2. The highest BCUT2D eigenvalue weighted by molar-refractivity contribution is 5.73. The van der Waals surface area contributed by atoms with Crippen LogP contribution in [0.5, 0.6) is 0 Å². The molecule has 0 spiro atoms. The van der Waals surface area contributed by atoms with Crippen LogP contribution in [0, 0.1) is 5.92 Å². The van der Waals surface area contributed by atoms with Gasteiger partial charge in [-0.1, -0.05) is 6.92 Å². The average Bonchev–Trinajstić information content (AvgIpc) is 3.29. The van der Waals surface area contributed by atoms with Crippen molar-refractivity contribution in [3.05, 3.63) is 11.8 Å². The van der Waals surface area contributed by atoms with Crippen LogP contribution in [0.4, 0.5) is 0 Å². The number of carbonyl (C=O) groups excluding carboxylic acids is 1. The third kappa shape index (κ3) is 3.87. The van der Waals surface area contributed by atoms with E-state index in [2.05, 4.69) is 26.9 Å². The molecule has 138 valence electrons. The first-order valence-corrected chi connectivity index (χ1v) is 9.64. The SMILES string of the molecule is CC(=O)N1CCCN([C@@H]2CN(Cc3nnc(C4CC4)o3)C[C@H]2C)CC1. The van der Waals surface area contributed by atoms with Gasteiger partial charge in [-0.05, 0) is 25.2 Å². The molecule has 1 aromatic heterocycles. The molecule has 3 aliphatic rings. The van der Waals surface area contributed by atoms with Crippen molar-refractivity contribution in [2.24, 2.45) is 5.92 Å². The number of rotatable bonds is 4. The Morgan fingerprint density at radius 3 is 2.76 bits per heavy atom. The van der Waals surface area contributed by atoms with E-state index in [-0.39, 0.29) is 5.91 Å². The lowest BCUT2D eigenvalue weighted by Gasteiger charge is -2.30. The van der Waals surface area contributed by atoms with Crippen LogP contribution in [-0.4, -0.2) is 76.1 Å². The Morgan fingerprint density at radius 2 is 2.00 bits per heavy atom. The van der Waals surface area contributed by atoms with Gasteiger partial charge in [-0.15, -0.1) is 10.2 Å². The van der Waals surface area contributed by atoms with E-state index in [9.17, 15) is 4.79 Å². The summed E-state index contributed by atoms with van der Waals surface area (Å²) in [5.74, 6) is 2.93. The van der Waals surface area contributed by atoms with E-state index in [0.29, 0.717) is 17.9 Å². The van der Waals surface area contributed by atoms with E-state index in [1.807, 2.05) is 4.90 Å². The molecule has 1 aliphatic carbocycles. The van der Waals surface area contributed by atoms with Gasteiger partial charge in [0.2, 0.25) is 17.7 Å². The first kappa shape index (κ1) is 17.0. The molecule has 7 heteroatoms. The summed E-state index contributed by atoms with van der Waals surface area (Å²) in [5, 5.41) is 8.43. The van der Waals surface area contributed by atoms with Crippen molar-refractivity contribution < 1.29 is 9.21 Å². The summed E-state index contributed by atoms with van der Waals surface area (Å²) >= 11 is 0. The van der Waals surface area contributed by atoms with Crippen molar-refractivity contribution in [3.63, 3.8) is 0 Å². The molecule has 0 radical (unpaired) electrons. The molecule has 4 rings (SSSR count). The normalized spacial score (nSPS) is 29.1. The van der Waals surface area contributed by atoms with Gasteiger partial charge < -0.3 is 9.32 Å². The Morgan fingerprint density at radius 1 is 1.16 bits per heavy atom. The van der Waals surface area contributed by atoms with Gasteiger partial charge in [0, 0.05) is 58.2 Å². The van der Waals surface area contributed by atoms with Gasteiger partial charge in [0.15, 0.2) is 0 Å². The summed E-state index contributed by atoms with van der Waals surface area (Å²) in [6, 6.07) is 0.553. The summed E-state index contributed by atoms with van der Waals surface area (Å²) in [7, 11) is 0. The molecule has 3 fully saturated rings. The fourth-order valence-electron chi connectivity index (χ4n) is 4.25. The highest BCUT2D eigenvalue weighted by Crippen LogP contribution is 2.39. The van der Waals surface area contributed by atoms with Gasteiger partial charge >= 0.3 is 0 Å². The molecular formula is C18H29N5O2. The van der Waals surface area contributed by atoms with Crippen molar-refractivity contribution in [1.29, 1.82) is 0 Å². The summed E-state index contributed by atoms with van der Waals surface area (Å²) < 4.78 is 5.82. The standard InChI is InChI=1S/C18H29N5O2/c1-13-10-21(12-17-19-20-18(25-17)15-4-5-15)11-16(13)23-7-3-6-22(8-9-23)14(2)24/h13,15-16H,3-12H2,1-2H3/t13-,16-/m1/s1. The molecule has 7 nitrogen and oxygen atoms in total. The summed E-state index contributed by atoms with van der Waals surface area (Å²) in [6.45, 7) is 10.7. The largest absolute Gasteiger partial charge is 0.424 e. The second kappa shape index (κ2) is 7.03. The second-order valence-electron chi connectivity index (χ2n) is 7.94. The monoisotopic (exact) mass is 347 g/mol. The van der Waals surface area contributed by atoms with E-state index in [1.54, 1.807) is 6.92 Å². The maximum absolute atomic E-state index is 11.6. The number of likely N-dealkylation sites (tertiary alicyclic amines) is 1. The molecule has 25 heavy (non-hydrogen) atoms. The quantitative estimate of drug-likeness (QED) is 0.818. The Bertz CT molecular complexity index is 614. The Kier molecular flexibility index (Phi) is 4.78. The Hall–Kier alpha value is -1.47. The van der Waals surface area contributed by atoms with Crippen LogP contribution in [0.2, 0.25) is 0 Å². The Balaban J connectivity index is 1.33. The van der Waals surface area contributed by atoms with Gasteiger partial charge in [-0.2, -0.15) is 0 Å². The first-order chi connectivity index (χ1) is 12.1. The molecular weight excluding hydrogens is 318 g/mol. The van der Waals surface area contributed by atoms with E-state index in [4.69, 9.17) is 4.42 Å². The fourth-order valence-corrected chi connectivity index (χ4v) is 4.25. The zero-order valence-electron chi connectivity index (χ0n) is 15.4. The topological polar surface area (TPSA) is 65.7 Å². The number of hydrogen-bond acceptors (Lipinski definition) is 6. The third-order valence-electron chi connectivity index (χ3n) is 5.86. The van der Waals surface area contributed by atoms with Gasteiger partial charge in [-0.3, -0.25) is 14.6 Å². The molecule has 1 aromatic rings. The second-order valence-corrected chi connectivity index (χ2v) is 7.94. The molecule has 0 aromatic carbocycles. The maximum Gasteiger partial charge on any atom is 0.230 e. The minimum atomic E-state index is 0.200. The van der Waals surface area contributed by atoms with Crippen molar-refractivity contribution in [2.75, 3.05) is 39.3 Å². The van der Waals surface area contributed by atoms with Gasteiger partial charge in [0.05, 0.1) is 6.54 Å². The molecule has 0 unspecified atom stereocenters. The summed E-state index contributed by atoms with van der Waals surface area (Å²) in [4.78, 5) is 18.6. The molecule has 2 atom stereocenters. The van der Waals surface area contributed by atoms with E-state index >= 15 is 0 Å². The number of hydrogen-bond donors (Lipinski definition) is 0. The van der Waals surface area contributed by atoms with Crippen LogP contribution >= 0.6 is 0 Å². The predicted molar refractivity (Wildman–Crippen MR) is 92.9 cm³/mol. The first-order valence-electron chi connectivity index (χ1n) is 9.64. The predicted octanol–water partition coefficient (Wildman–Crippen LogP) is 1.32. The Labute approximate surface area is 149 Å². The zero-order valence-corrected chi connectivity index (χ0v) is 15.4. The highest BCUT2D eigenvalue weighted by Gasteiger charge is 2.36. The van der Waals surface area contributed by atoms with Crippen LogP contribution < -0.4 is 0 Å². The molecule has 1 saturated carbocycles. The molecule has 2 saturated heterocycles.